The Morgan fingerprint density at radius 1 is 1.00 bits per heavy atom. The van der Waals surface area contributed by atoms with Crippen molar-refractivity contribution >= 4 is 0 Å². The normalized spacial score (nSPS) is 32.0. The minimum Gasteiger partial charge on any atom is -0.381 e. The summed E-state index contributed by atoms with van der Waals surface area (Å²) in [6.45, 7) is 16.0. The van der Waals surface area contributed by atoms with Gasteiger partial charge in [-0.25, -0.2) is 0 Å². The molecule has 1 fully saturated rings. The highest BCUT2D eigenvalue weighted by Crippen LogP contribution is 2.40. The number of hydrogen-bond acceptors (Lipinski definition) is 1. The number of rotatable bonds is 2. The molecule has 90 valence electrons. The Morgan fingerprint density at radius 3 is 2.00 bits per heavy atom. The van der Waals surface area contributed by atoms with Crippen molar-refractivity contribution in [2.45, 2.75) is 48.0 Å². The molecule has 1 aliphatic heterocycles. The lowest BCUT2D eigenvalue weighted by atomic mass is 9.71. The molecule has 1 saturated heterocycles. The van der Waals surface area contributed by atoms with Gasteiger partial charge in [0, 0.05) is 6.61 Å². The third kappa shape index (κ3) is 3.48. The van der Waals surface area contributed by atoms with Crippen molar-refractivity contribution in [3.05, 3.63) is 0 Å². The average Bonchev–Trinajstić information content (AvgIpc) is 2.23. The van der Waals surface area contributed by atoms with Crippen molar-refractivity contribution in [1.82, 2.24) is 0 Å². The van der Waals surface area contributed by atoms with Gasteiger partial charge in [0.1, 0.15) is 0 Å². The van der Waals surface area contributed by atoms with E-state index in [0.29, 0.717) is 5.41 Å². The van der Waals surface area contributed by atoms with E-state index in [-0.39, 0.29) is 0 Å². The third-order valence-electron chi connectivity index (χ3n) is 3.85. The van der Waals surface area contributed by atoms with Crippen LogP contribution in [0.2, 0.25) is 0 Å². The monoisotopic (exact) mass is 212 g/mol. The summed E-state index contributed by atoms with van der Waals surface area (Å²) in [5.41, 5.74) is 0.360. The summed E-state index contributed by atoms with van der Waals surface area (Å²) in [6, 6.07) is 0. The van der Waals surface area contributed by atoms with Crippen LogP contribution in [0.3, 0.4) is 0 Å². The molecule has 1 nitrogen and oxygen atoms in total. The van der Waals surface area contributed by atoms with Gasteiger partial charge in [0.05, 0.1) is 6.61 Å². The van der Waals surface area contributed by atoms with Crippen LogP contribution in [-0.4, -0.2) is 13.2 Å². The molecular weight excluding hydrogens is 184 g/mol. The Labute approximate surface area is 95.6 Å². The molecule has 2 atom stereocenters. The zero-order chi connectivity index (χ0) is 11.6. The Kier molecular flexibility index (Phi) is 4.22. The fraction of sp³-hybridized carbons (Fsp3) is 1.00. The van der Waals surface area contributed by atoms with Gasteiger partial charge in [-0.3, -0.25) is 0 Å². The Morgan fingerprint density at radius 2 is 1.53 bits per heavy atom. The van der Waals surface area contributed by atoms with Gasteiger partial charge < -0.3 is 4.74 Å². The van der Waals surface area contributed by atoms with Gasteiger partial charge >= 0.3 is 0 Å². The molecule has 1 rings (SSSR count). The predicted octanol–water partition coefficient (Wildman–Crippen LogP) is 3.98. The molecular formula is C14H28O. The molecule has 0 aromatic carbocycles. The van der Waals surface area contributed by atoms with E-state index >= 15 is 0 Å². The largest absolute Gasteiger partial charge is 0.381 e. The van der Waals surface area contributed by atoms with Crippen LogP contribution in [0.25, 0.3) is 0 Å². The maximum Gasteiger partial charge on any atom is 0.0517 e. The summed E-state index contributed by atoms with van der Waals surface area (Å²) in [7, 11) is 0. The van der Waals surface area contributed by atoms with Crippen LogP contribution in [0.15, 0.2) is 0 Å². The van der Waals surface area contributed by atoms with Crippen LogP contribution in [0.5, 0.6) is 0 Å². The van der Waals surface area contributed by atoms with E-state index in [1.165, 1.54) is 6.42 Å². The standard InChI is InChI=1S/C14H28O/c1-10(2)12-7-14(5,6)9-15-8-13(12)11(3)4/h10-13H,7-9H2,1-6H3. The Hall–Kier alpha value is -0.0400. The smallest absolute Gasteiger partial charge is 0.0517 e. The second-order valence-electron chi connectivity index (χ2n) is 6.70. The first-order valence-corrected chi connectivity index (χ1v) is 6.41. The van der Waals surface area contributed by atoms with E-state index in [4.69, 9.17) is 4.74 Å². The van der Waals surface area contributed by atoms with Gasteiger partial charge in [-0.1, -0.05) is 41.5 Å². The number of ether oxygens (including phenoxy) is 1. The van der Waals surface area contributed by atoms with Crippen LogP contribution in [0.1, 0.15) is 48.0 Å². The van der Waals surface area contributed by atoms with Crippen LogP contribution in [-0.2, 0) is 4.74 Å². The summed E-state index contributed by atoms with van der Waals surface area (Å²) >= 11 is 0. The zero-order valence-corrected chi connectivity index (χ0v) is 11.3. The van der Waals surface area contributed by atoms with Crippen LogP contribution in [0, 0.1) is 29.1 Å². The molecule has 0 aromatic rings. The molecule has 15 heavy (non-hydrogen) atoms. The minimum absolute atomic E-state index is 0.360. The van der Waals surface area contributed by atoms with Gasteiger partial charge in [-0.2, -0.15) is 0 Å². The van der Waals surface area contributed by atoms with E-state index in [9.17, 15) is 0 Å². The SMILES string of the molecule is CC(C)C1COCC(C)(C)CC1C(C)C. The second-order valence-corrected chi connectivity index (χ2v) is 6.70. The molecule has 0 saturated carbocycles. The summed E-state index contributed by atoms with van der Waals surface area (Å²) in [5, 5.41) is 0. The lowest BCUT2D eigenvalue weighted by molar-refractivity contribution is 0.0543. The second kappa shape index (κ2) is 4.86. The van der Waals surface area contributed by atoms with Crippen molar-refractivity contribution in [2.24, 2.45) is 29.1 Å². The van der Waals surface area contributed by atoms with Crippen LogP contribution >= 0.6 is 0 Å². The third-order valence-corrected chi connectivity index (χ3v) is 3.85. The van der Waals surface area contributed by atoms with Gasteiger partial charge in [0.25, 0.3) is 0 Å². The molecule has 0 spiro atoms. The Bertz CT molecular complexity index is 194. The molecule has 2 unspecified atom stereocenters. The predicted molar refractivity (Wildman–Crippen MR) is 65.9 cm³/mol. The van der Waals surface area contributed by atoms with Crippen molar-refractivity contribution in [3.8, 4) is 0 Å². The summed E-state index contributed by atoms with van der Waals surface area (Å²) in [5.74, 6) is 3.08. The topological polar surface area (TPSA) is 9.23 Å². The van der Waals surface area contributed by atoms with Crippen molar-refractivity contribution in [2.75, 3.05) is 13.2 Å². The molecule has 1 aliphatic rings. The maximum absolute atomic E-state index is 5.86. The molecule has 0 aromatic heterocycles. The molecule has 0 N–H and O–H groups in total. The summed E-state index contributed by atoms with van der Waals surface area (Å²) in [6.07, 6.45) is 1.31. The van der Waals surface area contributed by atoms with E-state index in [1.807, 2.05) is 0 Å². The van der Waals surface area contributed by atoms with Gasteiger partial charge in [-0.05, 0) is 35.5 Å². The first-order chi connectivity index (χ1) is 6.83. The van der Waals surface area contributed by atoms with Crippen LogP contribution < -0.4 is 0 Å². The summed E-state index contributed by atoms with van der Waals surface area (Å²) in [4.78, 5) is 0. The van der Waals surface area contributed by atoms with E-state index in [0.717, 1.165) is 36.9 Å². The highest BCUT2D eigenvalue weighted by atomic mass is 16.5. The average molecular weight is 212 g/mol. The molecule has 0 bridgehead atoms. The van der Waals surface area contributed by atoms with Crippen molar-refractivity contribution in [3.63, 3.8) is 0 Å². The van der Waals surface area contributed by atoms with Gasteiger partial charge in [-0.15, -0.1) is 0 Å². The molecule has 1 heteroatoms. The van der Waals surface area contributed by atoms with Crippen molar-refractivity contribution < 1.29 is 4.74 Å². The molecule has 1 heterocycles. The highest BCUT2D eigenvalue weighted by molar-refractivity contribution is 4.84. The van der Waals surface area contributed by atoms with E-state index in [2.05, 4.69) is 41.5 Å². The number of hydrogen-bond donors (Lipinski definition) is 0. The fourth-order valence-corrected chi connectivity index (χ4v) is 2.86. The zero-order valence-electron chi connectivity index (χ0n) is 11.3. The molecule has 0 radical (unpaired) electrons. The minimum atomic E-state index is 0.360. The van der Waals surface area contributed by atoms with Gasteiger partial charge in [0.2, 0.25) is 0 Å². The lowest BCUT2D eigenvalue weighted by Crippen LogP contribution is -2.29. The maximum atomic E-state index is 5.86. The van der Waals surface area contributed by atoms with Crippen molar-refractivity contribution in [1.29, 1.82) is 0 Å². The quantitative estimate of drug-likeness (QED) is 0.673. The lowest BCUT2D eigenvalue weighted by Gasteiger charge is -2.33. The molecule has 0 amide bonds. The van der Waals surface area contributed by atoms with Crippen LogP contribution in [0.4, 0.5) is 0 Å². The highest BCUT2D eigenvalue weighted by Gasteiger charge is 2.35. The molecule has 0 aliphatic carbocycles. The summed E-state index contributed by atoms with van der Waals surface area (Å²) < 4.78 is 5.86. The first kappa shape index (κ1) is 13.0. The van der Waals surface area contributed by atoms with E-state index < -0.39 is 0 Å². The fourth-order valence-electron chi connectivity index (χ4n) is 2.86. The first-order valence-electron chi connectivity index (χ1n) is 6.41. The Balaban J connectivity index is 2.80. The van der Waals surface area contributed by atoms with E-state index in [1.54, 1.807) is 0 Å². The van der Waals surface area contributed by atoms with Gasteiger partial charge in [0.15, 0.2) is 0 Å².